The van der Waals surface area contributed by atoms with E-state index in [0.29, 0.717) is 95.7 Å². The molecule has 3 aliphatic rings. The summed E-state index contributed by atoms with van der Waals surface area (Å²) in [4.78, 5) is 59.6. The first-order chi connectivity index (χ1) is 24.2. The van der Waals surface area contributed by atoms with Crippen molar-refractivity contribution in [3.63, 3.8) is 0 Å². The lowest BCUT2D eigenvalue weighted by molar-refractivity contribution is -0.139. The Bertz CT molecular complexity index is 1490. The van der Waals surface area contributed by atoms with Gasteiger partial charge in [0.25, 0.3) is 5.91 Å². The van der Waals surface area contributed by atoms with E-state index in [1.54, 1.807) is 16.9 Å². The number of hydrogen-bond acceptors (Lipinski definition) is 8. The molecule has 12 nitrogen and oxygen atoms in total. The summed E-state index contributed by atoms with van der Waals surface area (Å²) in [5.74, 6) is 0.675. The van der Waals surface area contributed by atoms with Gasteiger partial charge in [0.1, 0.15) is 5.54 Å². The third-order valence-electron chi connectivity index (χ3n) is 9.81. The van der Waals surface area contributed by atoms with E-state index >= 15 is 0 Å². The number of benzene rings is 2. The molecule has 2 saturated heterocycles. The maximum absolute atomic E-state index is 14.1. The van der Waals surface area contributed by atoms with Gasteiger partial charge >= 0.3 is 0 Å². The highest BCUT2D eigenvalue weighted by atomic mass is 16.5. The number of fused-ring (bicyclic) bond motifs is 2. The Balaban J connectivity index is 1.32. The van der Waals surface area contributed by atoms with E-state index < -0.39 is 5.54 Å². The Kier molecular flexibility index (Phi) is 13.1. The molecule has 2 heterocycles. The minimum absolute atomic E-state index is 0.0600. The third-order valence-corrected chi connectivity index (χ3v) is 9.81. The summed E-state index contributed by atoms with van der Waals surface area (Å²) in [6, 6.07) is 13.5. The van der Waals surface area contributed by atoms with Crippen molar-refractivity contribution < 1.29 is 33.4 Å². The number of amides is 4. The zero-order valence-corrected chi connectivity index (χ0v) is 29.8. The molecule has 2 aromatic carbocycles. The molecule has 0 bridgehead atoms. The van der Waals surface area contributed by atoms with Crippen LogP contribution in [0, 0.1) is 5.92 Å². The van der Waals surface area contributed by atoms with E-state index in [2.05, 4.69) is 29.4 Å². The fraction of sp³-hybridized carbons (Fsp3) is 0.579. The van der Waals surface area contributed by atoms with Gasteiger partial charge in [-0.05, 0) is 73.4 Å². The van der Waals surface area contributed by atoms with Gasteiger partial charge in [-0.25, -0.2) is 0 Å². The van der Waals surface area contributed by atoms with Gasteiger partial charge in [-0.3, -0.25) is 24.1 Å². The maximum atomic E-state index is 14.1. The predicted molar refractivity (Wildman–Crippen MR) is 189 cm³/mol. The van der Waals surface area contributed by atoms with E-state index in [0.717, 1.165) is 36.0 Å². The number of carbonyl (C=O) groups excluding carboxylic acids is 4. The van der Waals surface area contributed by atoms with Crippen molar-refractivity contribution in [2.24, 2.45) is 5.92 Å². The van der Waals surface area contributed by atoms with E-state index in [1.165, 1.54) is 0 Å². The molecule has 0 radical (unpaired) electrons. The van der Waals surface area contributed by atoms with E-state index in [-0.39, 0.29) is 36.8 Å². The topological polar surface area (TPSA) is 130 Å². The minimum atomic E-state index is -1.21. The monoisotopic (exact) mass is 691 g/mol. The quantitative estimate of drug-likeness (QED) is 0.411. The van der Waals surface area contributed by atoms with Crippen molar-refractivity contribution in [1.82, 2.24) is 25.3 Å². The first kappa shape index (κ1) is 37.1. The standard InChI is InChI=1S/C38H53N5O7/c1-28(2)14-18-43-26-34(44)40-38(15-6-9-30-8-4-5-10-31(30)38)37(47)39-16-19-41(17-7-11-35(43)45)25-29-12-13-32(33(24-29)48-3)50-27-36(46)42-20-22-49-23-21-42/h4-5,8,10,12-13,24,28H,6-7,9,11,14-23,25-27H2,1-3H3,(H,39,47)(H,40,44). The largest absolute Gasteiger partial charge is 0.493 e. The Morgan fingerprint density at radius 3 is 2.56 bits per heavy atom. The molecule has 1 unspecified atom stereocenters. The molecule has 0 saturated carbocycles. The average molecular weight is 692 g/mol. The number of carbonyl (C=O) groups is 4. The van der Waals surface area contributed by atoms with Crippen molar-refractivity contribution in [3.05, 3.63) is 59.2 Å². The first-order valence-electron chi connectivity index (χ1n) is 18.0. The molecular formula is C38H53N5O7. The van der Waals surface area contributed by atoms with Gasteiger partial charge in [-0.2, -0.15) is 0 Å². The fourth-order valence-corrected chi connectivity index (χ4v) is 7.00. The summed E-state index contributed by atoms with van der Waals surface area (Å²) in [5.41, 5.74) is 1.63. The van der Waals surface area contributed by atoms with Crippen molar-refractivity contribution in [1.29, 1.82) is 0 Å². The zero-order chi connectivity index (χ0) is 35.5. The Morgan fingerprint density at radius 2 is 1.78 bits per heavy atom. The number of rotatable bonds is 9. The molecule has 2 aromatic rings. The predicted octanol–water partition coefficient (Wildman–Crippen LogP) is 2.87. The van der Waals surface area contributed by atoms with Crippen LogP contribution in [-0.4, -0.2) is 111 Å². The van der Waals surface area contributed by atoms with Gasteiger partial charge in [0, 0.05) is 45.7 Å². The second-order valence-corrected chi connectivity index (χ2v) is 13.9. The molecule has 5 rings (SSSR count). The van der Waals surface area contributed by atoms with Crippen LogP contribution < -0.4 is 20.1 Å². The number of aryl methyl sites for hydroxylation is 1. The molecular weight excluding hydrogens is 638 g/mol. The van der Waals surface area contributed by atoms with Crippen molar-refractivity contribution in [2.75, 3.05) is 72.7 Å². The summed E-state index contributed by atoms with van der Waals surface area (Å²) in [5, 5.41) is 6.28. The van der Waals surface area contributed by atoms with E-state index in [9.17, 15) is 19.2 Å². The molecule has 1 aliphatic carbocycles. The van der Waals surface area contributed by atoms with Gasteiger partial charge in [0.15, 0.2) is 18.1 Å². The first-order valence-corrected chi connectivity index (χ1v) is 18.0. The van der Waals surface area contributed by atoms with Crippen LogP contribution in [0.15, 0.2) is 42.5 Å². The Hall–Kier alpha value is -4.16. The number of nitrogens with one attached hydrogen (secondary N) is 2. The second kappa shape index (κ2) is 17.7. The van der Waals surface area contributed by atoms with Crippen LogP contribution in [0.5, 0.6) is 11.5 Å². The summed E-state index contributed by atoms with van der Waals surface area (Å²) >= 11 is 0. The molecule has 2 fully saturated rings. The van der Waals surface area contributed by atoms with Crippen molar-refractivity contribution in [2.45, 2.75) is 64.5 Å². The molecule has 50 heavy (non-hydrogen) atoms. The van der Waals surface area contributed by atoms with Crippen LogP contribution >= 0.6 is 0 Å². The van der Waals surface area contributed by atoms with Gasteiger partial charge in [0.2, 0.25) is 17.7 Å². The number of methoxy groups -OCH3 is 1. The highest BCUT2D eigenvalue weighted by Gasteiger charge is 2.44. The Morgan fingerprint density at radius 1 is 0.980 bits per heavy atom. The molecule has 2 aliphatic heterocycles. The lowest BCUT2D eigenvalue weighted by atomic mass is 9.75. The van der Waals surface area contributed by atoms with Crippen LogP contribution in [0.2, 0.25) is 0 Å². The number of morpholine rings is 1. The molecule has 1 atom stereocenters. The number of nitrogens with zero attached hydrogens (tertiary/aromatic N) is 3. The SMILES string of the molecule is COc1cc(CN2CCCC(=O)N(CCC(C)C)CC(=O)NC3(CCCc4ccccc43)C(=O)NCC2)ccc1OCC(=O)N1CCOCC1. The van der Waals surface area contributed by atoms with Gasteiger partial charge in [0.05, 0.1) is 26.9 Å². The second-order valence-electron chi connectivity index (χ2n) is 13.9. The molecule has 2 N–H and O–H groups in total. The number of hydrogen-bond donors (Lipinski definition) is 2. The highest BCUT2D eigenvalue weighted by molar-refractivity contribution is 5.94. The smallest absolute Gasteiger partial charge is 0.260 e. The van der Waals surface area contributed by atoms with E-state index in [4.69, 9.17) is 14.2 Å². The zero-order valence-electron chi connectivity index (χ0n) is 29.8. The van der Waals surface area contributed by atoms with Gasteiger partial charge in [-0.1, -0.05) is 44.2 Å². The third kappa shape index (κ3) is 9.54. The van der Waals surface area contributed by atoms with Crippen LogP contribution in [0.3, 0.4) is 0 Å². The normalized spacial score (nSPS) is 21.3. The summed E-state index contributed by atoms with van der Waals surface area (Å²) in [6.45, 7) is 8.76. The molecule has 12 heteroatoms. The molecule has 272 valence electrons. The molecule has 0 aromatic heterocycles. The van der Waals surface area contributed by atoms with Crippen molar-refractivity contribution >= 4 is 23.6 Å². The van der Waals surface area contributed by atoms with Crippen LogP contribution in [0.25, 0.3) is 0 Å². The van der Waals surface area contributed by atoms with Gasteiger partial charge in [-0.15, -0.1) is 0 Å². The summed E-state index contributed by atoms with van der Waals surface area (Å²) in [7, 11) is 1.57. The molecule has 4 amide bonds. The highest BCUT2D eigenvalue weighted by Crippen LogP contribution is 2.36. The molecule has 1 spiro atoms. The van der Waals surface area contributed by atoms with Crippen molar-refractivity contribution in [3.8, 4) is 11.5 Å². The minimum Gasteiger partial charge on any atom is -0.493 e. The maximum Gasteiger partial charge on any atom is 0.260 e. The van der Waals surface area contributed by atoms with Gasteiger partial charge < -0.3 is 34.6 Å². The summed E-state index contributed by atoms with van der Waals surface area (Å²) in [6.07, 6.45) is 3.78. The fourth-order valence-electron chi connectivity index (χ4n) is 7.00. The summed E-state index contributed by atoms with van der Waals surface area (Å²) < 4.78 is 16.8. The van der Waals surface area contributed by atoms with E-state index in [1.807, 2.05) is 42.5 Å². The van der Waals surface area contributed by atoms with Crippen LogP contribution in [0.4, 0.5) is 0 Å². The lowest BCUT2D eigenvalue weighted by Gasteiger charge is -2.39. The Labute approximate surface area is 295 Å². The van der Waals surface area contributed by atoms with Crippen LogP contribution in [-0.2, 0) is 42.4 Å². The number of ether oxygens (including phenoxy) is 3. The van der Waals surface area contributed by atoms with Crippen LogP contribution in [0.1, 0.15) is 62.6 Å². The lowest BCUT2D eigenvalue weighted by Crippen LogP contribution is -2.60. The average Bonchev–Trinajstić information content (AvgIpc) is 3.12.